The summed E-state index contributed by atoms with van der Waals surface area (Å²) >= 11 is 4.43. The van der Waals surface area contributed by atoms with Crippen molar-refractivity contribution in [2.24, 2.45) is 0 Å². The quantitative estimate of drug-likeness (QED) is 0.711. The summed E-state index contributed by atoms with van der Waals surface area (Å²) in [5.41, 5.74) is 1.47. The van der Waals surface area contributed by atoms with Crippen molar-refractivity contribution in [3.8, 4) is 11.5 Å². The largest absolute Gasteiger partial charge is 0.463 e. The van der Waals surface area contributed by atoms with Crippen molar-refractivity contribution in [3.63, 3.8) is 0 Å². The number of nitrogens with zero attached hydrogens (tertiary/aromatic N) is 1. The van der Waals surface area contributed by atoms with Gasteiger partial charge in [-0.3, -0.25) is 4.98 Å². The first-order valence-electron chi connectivity index (χ1n) is 6.28. The smallest absolute Gasteiger partial charge is 0.250 e. The van der Waals surface area contributed by atoms with Crippen LogP contribution in [0.3, 0.4) is 0 Å². The Kier molecular flexibility index (Phi) is 4.44. The molecule has 0 unspecified atom stereocenters. The molecular weight excluding hydrogens is 388 g/mol. The van der Waals surface area contributed by atoms with E-state index in [9.17, 15) is 8.42 Å². The number of pyridine rings is 1. The van der Waals surface area contributed by atoms with Crippen LogP contribution in [0.1, 0.15) is 5.56 Å². The van der Waals surface area contributed by atoms with Gasteiger partial charge in [0.1, 0.15) is 9.90 Å². The lowest BCUT2D eigenvalue weighted by molar-refractivity contribution is 0.579. The molecule has 0 radical (unpaired) electrons. The second kappa shape index (κ2) is 6.33. The van der Waals surface area contributed by atoms with Gasteiger partial charge in [0.2, 0.25) is 10.0 Å². The molecule has 0 aliphatic heterocycles. The lowest BCUT2D eigenvalue weighted by atomic mass is 10.2. The van der Waals surface area contributed by atoms with Crippen LogP contribution in [0.4, 0.5) is 0 Å². The van der Waals surface area contributed by atoms with Gasteiger partial charge in [0, 0.05) is 12.7 Å². The Labute approximate surface area is 140 Å². The minimum absolute atomic E-state index is 0.189. The minimum atomic E-state index is -3.51. The predicted octanol–water partition coefficient (Wildman–Crippen LogP) is 3.64. The maximum absolute atomic E-state index is 12.2. The van der Waals surface area contributed by atoms with Crippen LogP contribution in [-0.2, 0) is 16.6 Å². The summed E-state index contributed by atoms with van der Waals surface area (Å²) in [4.78, 5) is 4.21. The molecule has 0 aliphatic carbocycles. The first kappa shape index (κ1) is 15.4. The molecule has 0 saturated carbocycles. The fraction of sp³-hybridized carbons (Fsp3) is 0.0714. The zero-order valence-electron chi connectivity index (χ0n) is 11.2. The van der Waals surface area contributed by atoms with E-state index < -0.39 is 10.0 Å². The van der Waals surface area contributed by atoms with E-state index >= 15 is 0 Å². The van der Waals surface area contributed by atoms with Crippen LogP contribution < -0.4 is 4.72 Å². The number of furan rings is 1. The van der Waals surface area contributed by atoms with Crippen molar-refractivity contribution >= 4 is 37.3 Å². The first-order chi connectivity index (χ1) is 10.5. The zero-order valence-corrected chi connectivity index (χ0v) is 14.4. The van der Waals surface area contributed by atoms with E-state index in [1.54, 1.807) is 48.9 Å². The fourth-order valence-corrected chi connectivity index (χ4v) is 4.91. The Bertz CT molecular complexity index is 873. The third kappa shape index (κ3) is 3.46. The van der Waals surface area contributed by atoms with Gasteiger partial charge in [-0.05, 0) is 57.9 Å². The van der Waals surface area contributed by atoms with Crippen LogP contribution in [0.2, 0.25) is 0 Å². The van der Waals surface area contributed by atoms with E-state index in [0.29, 0.717) is 11.5 Å². The fourth-order valence-electron chi connectivity index (χ4n) is 1.83. The molecule has 8 heteroatoms. The molecule has 3 aromatic heterocycles. The Balaban J connectivity index is 1.75. The summed E-state index contributed by atoms with van der Waals surface area (Å²) < 4.78 is 33.3. The van der Waals surface area contributed by atoms with Crippen LogP contribution in [0.15, 0.2) is 61.3 Å². The molecule has 0 atom stereocenters. The average molecular weight is 399 g/mol. The Morgan fingerprint density at radius 3 is 2.82 bits per heavy atom. The minimum Gasteiger partial charge on any atom is -0.463 e. The summed E-state index contributed by atoms with van der Waals surface area (Å²) in [6, 6.07) is 10.4. The van der Waals surface area contributed by atoms with E-state index in [-0.39, 0.29) is 10.8 Å². The third-order valence-electron chi connectivity index (χ3n) is 2.88. The lowest BCUT2D eigenvalue weighted by Crippen LogP contribution is -2.22. The topological polar surface area (TPSA) is 72.2 Å². The number of nitrogens with one attached hydrogen (secondary N) is 1. The highest BCUT2D eigenvalue weighted by atomic mass is 79.9. The van der Waals surface area contributed by atoms with Gasteiger partial charge in [0.25, 0.3) is 0 Å². The number of sulfonamides is 1. The number of thiophene rings is 1. The molecule has 0 spiro atoms. The van der Waals surface area contributed by atoms with Crippen LogP contribution in [0, 0.1) is 0 Å². The highest BCUT2D eigenvalue weighted by Crippen LogP contribution is 2.26. The van der Waals surface area contributed by atoms with Crippen molar-refractivity contribution in [2.75, 3.05) is 0 Å². The maximum atomic E-state index is 12.2. The molecule has 0 aliphatic rings. The van der Waals surface area contributed by atoms with Crippen molar-refractivity contribution in [3.05, 3.63) is 58.2 Å². The molecule has 3 heterocycles. The van der Waals surface area contributed by atoms with Gasteiger partial charge >= 0.3 is 0 Å². The summed E-state index contributed by atoms with van der Waals surface area (Å²) in [6.07, 6.45) is 3.20. The second-order valence-corrected chi connectivity index (χ2v) is 8.87. The van der Waals surface area contributed by atoms with Gasteiger partial charge < -0.3 is 4.42 Å². The van der Waals surface area contributed by atoms with E-state index in [1.165, 1.54) is 11.3 Å². The molecule has 3 rings (SSSR count). The van der Waals surface area contributed by atoms with Crippen LogP contribution in [0.25, 0.3) is 11.5 Å². The van der Waals surface area contributed by atoms with Crippen molar-refractivity contribution < 1.29 is 12.8 Å². The summed E-state index contributed by atoms with van der Waals surface area (Å²) in [7, 11) is -3.51. The van der Waals surface area contributed by atoms with Crippen LogP contribution >= 0.6 is 27.3 Å². The highest BCUT2D eigenvalue weighted by molar-refractivity contribution is 9.11. The third-order valence-corrected chi connectivity index (χ3v) is 6.39. The number of aromatic nitrogens is 1. The van der Waals surface area contributed by atoms with E-state index in [1.807, 2.05) is 0 Å². The Morgan fingerprint density at radius 1 is 1.27 bits per heavy atom. The molecule has 0 bridgehead atoms. The van der Waals surface area contributed by atoms with Crippen LogP contribution in [0.5, 0.6) is 0 Å². The van der Waals surface area contributed by atoms with E-state index in [0.717, 1.165) is 9.35 Å². The molecule has 3 aromatic rings. The van der Waals surface area contributed by atoms with Gasteiger partial charge in [-0.1, -0.05) is 0 Å². The lowest BCUT2D eigenvalue weighted by Gasteiger charge is -2.06. The van der Waals surface area contributed by atoms with Gasteiger partial charge in [-0.2, -0.15) is 0 Å². The van der Waals surface area contributed by atoms with Gasteiger partial charge in [-0.15, -0.1) is 11.3 Å². The second-order valence-electron chi connectivity index (χ2n) is 4.41. The Morgan fingerprint density at radius 2 is 2.14 bits per heavy atom. The van der Waals surface area contributed by atoms with Crippen molar-refractivity contribution in [1.82, 2.24) is 9.71 Å². The molecule has 0 fully saturated rings. The van der Waals surface area contributed by atoms with Crippen molar-refractivity contribution in [1.29, 1.82) is 0 Å². The van der Waals surface area contributed by atoms with Crippen LogP contribution in [-0.4, -0.2) is 13.4 Å². The maximum Gasteiger partial charge on any atom is 0.250 e. The predicted molar refractivity (Wildman–Crippen MR) is 88.0 cm³/mol. The SMILES string of the molecule is O=S(=O)(NCc1ccnc(-c2ccco2)c1)c1ccc(Br)s1. The molecule has 22 heavy (non-hydrogen) atoms. The monoisotopic (exact) mass is 398 g/mol. The molecule has 0 saturated heterocycles. The Hall–Kier alpha value is -1.48. The number of halogens is 1. The summed E-state index contributed by atoms with van der Waals surface area (Å²) in [6.45, 7) is 0.189. The molecule has 0 amide bonds. The number of hydrogen-bond donors (Lipinski definition) is 1. The average Bonchev–Trinajstić information content (AvgIpc) is 3.17. The first-order valence-corrected chi connectivity index (χ1v) is 9.38. The molecule has 114 valence electrons. The van der Waals surface area contributed by atoms with E-state index in [2.05, 4.69) is 25.6 Å². The van der Waals surface area contributed by atoms with E-state index in [4.69, 9.17) is 4.42 Å². The molecule has 1 N–H and O–H groups in total. The highest BCUT2D eigenvalue weighted by Gasteiger charge is 2.16. The number of rotatable bonds is 5. The summed E-state index contributed by atoms with van der Waals surface area (Å²) in [5.74, 6) is 0.645. The normalized spacial score (nSPS) is 11.7. The molecule has 0 aromatic carbocycles. The van der Waals surface area contributed by atoms with Gasteiger partial charge in [-0.25, -0.2) is 13.1 Å². The molecule has 5 nitrogen and oxygen atoms in total. The van der Waals surface area contributed by atoms with Gasteiger partial charge in [0.15, 0.2) is 5.76 Å². The standard InChI is InChI=1S/C14H11BrN2O3S2/c15-13-3-4-14(21-13)22(18,19)17-9-10-5-6-16-11(8-10)12-2-1-7-20-12/h1-8,17H,9H2. The zero-order chi connectivity index (χ0) is 15.6. The van der Waals surface area contributed by atoms with Gasteiger partial charge in [0.05, 0.1) is 10.0 Å². The summed E-state index contributed by atoms with van der Waals surface area (Å²) in [5, 5.41) is 0. The molecular formula is C14H11BrN2O3S2. The van der Waals surface area contributed by atoms with Crippen molar-refractivity contribution in [2.45, 2.75) is 10.8 Å². The number of hydrogen-bond acceptors (Lipinski definition) is 5.